The summed E-state index contributed by atoms with van der Waals surface area (Å²) in [6, 6.07) is 5.77. The van der Waals surface area contributed by atoms with Crippen LogP contribution in [0.25, 0.3) is 0 Å². The van der Waals surface area contributed by atoms with Crippen molar-refractivity contribution in [3.63, 3.8) is 0 Å². The number of ether oxygens (including phenoxy) is 1. The predicted octanol–water partition coefficient (Wildman–Crippen LogP) is 3.54. The molecule has 23 heavy (non-hydrogen) atoms. The second-order valence-corrected chi connectivity index (χ2v) is 7.42. The second kappa shape index (κ2) is 8.82. The van der Waals surface area contributed by atoms with E-state index in [2.05, 4.69) is 27.9 Å². The molecule has 1 saturated carbocycles. The van der Waals surface area contributed by atoms with Crippen molar-refractivity contribution in [2.75, 3.05) is 25.2 Å². The molecule has 6 heteroatoms. The van der Waals surface area contributed by atoms with Gasteiger partial charge in [-0.2, -0.15) is 0 Å². The summed E-state index contributed by atoms with van der Waals surface area (Å²) in [6.07, 6.45) is 4.34. The van der Waals surface area contributed by atoms with Crippen LogP contribution in [0, 0.1) is 15.3 Å². The average molecular weight is 434 g/mol. The lowest BCUT2D eigenvalue weighted by Crippen LogP contribution is -2.37. The number of anilines is 1. The molecule has 1 aliphatic rings. The van der Waals surface area contributed by atoms with Gasteiger partial charge in [0, 0.05) is 30.1 Å². The largest absolute Gasteiger partial charge is 0.450 e. The van der Waals surface area contributed by atoms with Gasteiger partial charge in [0.15, 0.2) is 0 Å². The molecule has 128 valence electrons. The molecule has 0 amide bonds. The van der Waals surface area contributed by atoms with Crippen molar-refractivity contribution in [2.24, 2.45) is 5.92 Å². The number of esters is 1. The van der Waals surface area contributed by atoms with Gasteiger partial charge in [-0.1, -0.05) is 0 Å². The molecule has 0 radical (unpaired) electrons. The van der Waals surface area contributed by atoms with Gasteiger partial charge < -0.3 is 9.64 Å². The van der Waals surface area contributed by atoms with E-state index >= 15 is 0 Å². The van der Waals surface area contributed by atoms with Crippen LogP contribution in [0.5, 0.6) is 0 Å². The van der Waals surface area contributed by atoms with Crippen molar-refractivity contribution in [2.45, 2.75) is 38.6 Å². The van der Waals surface area contributed by atoms with Gasteiger partial charge in [-0.25, -0.2) is 4.39 Å². The molecule has 0 saturated heterocycles. The Hall–Kier alpha value is -0.890. The van der Waals surface area contributed by atoms with Crippen molar-refractivity contribution >= 4 is 34.2 Å². The van der Waals surface area contributed by atoms with E-state index in [0.717, 1.165) is 35.8 Å². The lowest BCUT2D eigenvalue weighted by atomic mass is 9.85. The van der Waals surface area contributed by atoms with E-state index in [4.69, 9.17) is 4.74 Å². The summed E-state index contributed by atoms with van der Waals surface area (Å²) < 4.78 is 19.9. The van der Waals surface area contributed by atoms with Crippen LogP contribution in [-0.4, -0.2) is 32.3 Å². The van der Waals surface area contributed by atoms with Crippen molar-refractivity contribution < 1.29 is 13.9 Å². The first-order valence-electron chi connectivity index (χ1n) is 7.98. The minimum Gasteiger partial charge on any atom is -0.450 e. The number of halogens is 2. The number of hydrogen-bond acceptors (Lipinski definition) is 4. The van der Waals surface area contributed by atoms with Crippen LogP contribution in [0.3, 0.4) is 0 Å². The van der Waals surface area contributed by atoms with Gasteiger partial charge in [-0.05, 0) is 72.4 Å². The van der Waals surface area contributed by atoms with E-state index in [-0.39, 0.29) is 11.8 Å². The molecule has 0 aromatic heterocycles. The summed E-state index contributed by atoms with van der Waals surface area (Å²) in [4.78, 5) is 12.8. The Labute approximate surface area is 150 Å². The lowest BCUT2D eigenvalue weighted by molar-refractivity contribution is -0.142. The molecule has 0 aliphatic heterocycles. The van der Waals surface area contributed by atoms with Crippen molar-refractivity contribution in [3.8, 4) is 0 Å². The number of nitrogens with one attached hydrogen (secondary N) is 1. The highest BCUT2D eigenvalue weighted by Gasteiger charge is 2.22. The third-order valence-electron chi connectivity index (χ3n) is 4.35. The maximum absolute atomic E-state index is 14.0. The van der Waals surface area contributed by atoms with Crippen LogP contribution in [-0.2, 0) is 9.53 Å². The van der Waals surface area contributed by atoms with Gasteiger partial charge >= 0.3 is 5.97 Å². The van der Waals surface area contributed by atoms with Crippen LogP contribution >= 0.6 is 22.6 Å². The highest BCUT2D eigenvalue weighted by Crippen LogP contribution is 2.27. The smallest absolute Gasteiger partial charge is 0.303 e. The first-order valence-corrected chi connectivity index (χ1v) is 9.06. The van der Waals surface area contributed by atoms with Crippen LogP contribution in [0.1, 0.15) is 32.6 Å². The third-order valence-corrected chi connectivity index (χ3v) is 5.02. The second-order valence-electron chi connectivity index (χ2n) is 6.18. The maximum atomic E-state index is 14.0. The van der Waals surface area contributed by atoms with Crippen molar-refractivity contribution in [3.05, 3.63) is 27.6 Å². The normalized spacial score (nSPS) is 21.0. The van der Waals surface area contributed by atoms with Gasteiger partial charge in [0.05, 0.1) is 5.69 Å². The van der Waals surface area contributed by atoms with E-state index in [1.54, 1.807) is 6.07 Å². The molecule has 1 aliphatic carbocycles. The summed E-state index contributed by atoms with van der Waals surface area (Å²) in [7, 11) is 1.95. The molecule has 0 bridgehead atoms. The fraction of sp³-hybridized carbons (Fsp3) is 0.588. The van der Waals surface area contributed by atoms with Crippen molar-refractivity contribution in [1.82, 2.24) is 5.32 Å². The van der Waals surface area contributed by atoms with E-state index in [1.807, 2.05) is 24.1 Å². The van der Waals surface area contributed by atoms with Crippen LogP contribution in [0.4, 0.5) is 10.1 Å². The first kappa shape index (κ1) is 18.4. The minimum absolute atomic E-state index is 0.156. The fourth-order valence-corrected chi connectivity index (χ4v) is 3.54. The summed E-state index contributed by atoms with van der Waals surface area (Å²) in [5, 5.41) is 3.26. The third kappa shape index (κ3) is 5.91. The molecular weight excluding hydrogens is 410 g/mol. The summed E-state index contributed by atoms with van der Waals surface area (Å²) in [5.74, 6) is 0.161. The van der Waals surface area contributed by atoms with Gasteiger partial charge in [0.1, 0.15) is 12.5 Å². The molecule has 4 nitrogen and oxygen atoms in total. The van der Waals surface area contributed by atoms with Crippen LogP contribution in [0.2, 0.25) is 0 Å². The Morgan fingerprint density at radius 2 is 2.09 bits per heavy atom. The van der Waals surface area contributed by atoms with E-state index in [9.17, 15) is 9.18 Å². The Balaban J connectivity index is 1.76. The van der Waals surface area contributed by atoms with Crippen LogP contribution in [0.15, 0.2) is 18.2 Å². The van der Waals surface area contributed by atoms with Gasteiger partial charge in [-0.3, -0.25) is 10.1 Å². The predicted molar refractivity (Wildman–Crippen MR) is 97.9 cm³/mol. The average Bonchev–Trinajstić information content (AvgIpc) is 2.48. The Kier molecular flexibility index (Phi) is 7.08. The molecular formula is C17H24FIN2O2. The summed E-state index contributed by atoms with van der Waals surface area (Å²) >= 11 is 2.12. The van der Waals surface area contributed by atoms with Gasteiger partial charge in [0.25, 0.3) is 0 Å². The zero-order valence-electron chi connectivity index (χ0n) is 13.6. The Bertz CT molecular complexity index is 533. The molecule has 2 rings (SSSR count). The van der Waals surface area contributed by atoms with Gasteiger partial charge in [0.2, 0.25) is 0 Å². The number of benzene rings is 1. The molecule has 0 heterocycles. The molecule has 1 N–H and O–H groups in total. The zero-order valence-corrected chi connectivity index (χ0v) is 15.8. The molecule has 0 spiro atoms. The Morgan fingerprint density at radius 1 is 1.39 bits per heavy atom. The van der Waals surface area contributed by atoms with Crippen molar-refractivity contribution in [1.29, 1.82) is 0 Å². The fourth-order valence-electron chi connectivity index (χ4n) is 3.09. The van der Waals surface area contributed by atoms with Gasteiger partial charge in [-0.15, -0.1) is 0 Å². The molecule has 1 aromatic carbocycles. The van der Waals surface area contributed by atoms with E-state index in [0.29, 0.717) is 24.4 Å². The number of hydrogen-bond donors (Lipinski definition) is 1. The maximum Gasteiger partial charge on any atom is 0.303 e. The molecule has 1 fully saturated rings. The first-order chi connectivity index (χ1) is 11.0. The molecule has 1 aromatic rings. The number of rotatable bonds is 6. The standard InChI is InChI=1S/C17H24FIN2O2/c1-12(22)23-11-20-15-6-3-13(4-7-15)10-21(2)17-8-5-14(19)9-16(17)18/h5,8-9,13,15,20H,3-4,6-7,10-11H2,1-2H3/t13-,15-. The quantitative estimate of drug-likeness (QED) is 0.423. The van der Waals surface area contributed by atoms with E-state index in [1.165, 1.54) is 6.92 Å². The number of nitrogens with zero attached hydrogens (tertiary/aromatic N) is 1. The topological polar surface area (TPSA) is 41.6 Å². The molecule has 0 atom stereocenters. The highest BCUT2D eigenvalue weighted by atomic mass is 127. The molecule has 0 unspecified atom stereocenters. The monoisotopic (exact) mass is 434 g/mol. The highest BCUT2D eigenvalue weighted by molar-refractivity contribution is 14.1. The lowest BCUT2D eigenvalue weighted by Gasteiger charge is -2.32. The summed E-state index contributed by atoms with van der Waals surface area (Å²) in [6.45, 7) is 2.57. The SMILES string of the molecule is CC(=O)OCN[C@H]1CC[C@H](CN(C)c2ccc(I)cc2F)CC1. The number of carbonyl (C=O) groups is 1. The minimum atomic E-state index is -0.257. The van der Waals surface area contributed by atoms with Crippen LogP contribution < -0.4 is 10.2 Å². The summed E-state index contributed by atoms with van der Waals surface area (Å²) in [5.41, 5.74) is 0.667. The van der Waals surface area contributed by atoms with E-state index < -0.39 is 0 Å². The zero-order chi connectivity index (χ0) is 16.8. The number of carbonyl (C=O) groups excluding carboxylic acids is 1. The Morgan fingerprint density at radius 3 is 2.70 bits per heavy atom.